The second-order valence-electron chi connectivity index (χ2n) is 4.56. The third kappa shape index (κ3) is 3.42. The third-order valence-electron chi connectivity index (χ3n) is 3.14. The smallest absolute Gasteiger partial charge is 0.338 e. The van der Waals surface area contributed by atoms with Crippen molar-refractivity contribution in [3.63, 3.8) is 0 Å². The minimum absolute atomic E-state index is 0.197. The van der Waals surface area contributed by atoms with Crippen molar-refractivity contribution in [2.24, 2.45) is 0 Å². The zero-order chi connectivity index (χ0) is 14.5. The standard InChI is InChI=1S/C15H17NO3S/c1-3-8-19-15(18)12-6-4-11(5-7-12)10-20-14-9-13(17)16(14)2/h3-7,14H,1,8-10H2,2H3. The fourth-order valence-corrected chi connectivity index (χ4v) is 2.98. The first-order valence-electron chi connectivity index (χ1n) is 6.36. The molecule has 4 nitrogen and oxygen atoms in total. The van der Waals surface area contributed by atoms with Gasteiger partial charge in [0.05, 0.1) is 17.4 Å². The Bertz CT molecular complexity index is 512. The highest BCUT2D eigenvalue weighted by Gasteiger charge is 2.32. The minimum atomic E-state index is -0.339. The van der Waals surface area contributed by atoms with Gasteiger partial charge in [-0.25, -0.2) is 4.79 Å². The second kappa shape index (κ2) is 6.61. The lowest BCUT2D eigenvalue weighted by Crippen LogP contribution is -2.47. The maximum atomic E-state index is 11.6. The summed E-state index contributed by atoms with van der Waals surface area (Å²) in [5.41, 5.74) is 1.67. The van der Waals surface area contributed by atoms with Gasteiger partial charge in [0.2, 0.25) is 5.91 Å². The molecule has 1 aromatic rings. The van der Waals surface area contributed by atoms with E-state index < -0.39 is 0 Å². The number of nitrogens with zero attached hydrogens (tertiary/aromatic N) is 1. The van der Waals surface area contributed by atoms with Crippen LogP contribution in [-0.2, 0) is 15.3 Å². The summed E-state index contributed by atoms with van der Waals surface area (Å²) in [6, 6.07) is 7.35. The molecule has 0 bridgehead atoms. The number of benzene rings is 1. The summed E-state index contributed by atoms with van der Waals surface area (Å²) in [5.74, 6) is 0.681. The first kappa shape index (κ1) is 14.7. The molecule has 0 spiro atoms. The molecule has 106 valence electrons. The molecule has 1 aliphatic rings. The van der Waals surface area contributed by atoms with Gasteiger partial charge in [0.25, 0.3) is 0 Å². The van der Waals surface area contributed by atoms with Gasteiger partial charge in [0, 0.05) is 12.8 Å². The van der Waals surface area contributed by atoms with E-state index in [0.29, 0.717) is 12.0 Å². The molecular weight excluding hydrogens is 274 g/mol. The Morgan fingerprint density at radius 1 is 1.50 bits per heavy atom. The quantitative estimate of drug-likeness (QED) is 0.459. The normalized spacial score (nSPS) is 17.6. The van der Waals surface area contributed by atoms with Crippen molar-refractivity contribution in [3.8, 4) is 0 Å². The summed E-state index contributed by atoms with van der Waals surface area (Å²) in [4.78, 5) is 24.5. The van der Waals surface area contributed by atoms with Gasteiger partial charge >= 0.3 is 5.97 Å². The number of carbonyl (C=O) groups excluding carboxylic acids is 2. The van der Waals surface area contributed by atoms with Gasteiger partial charge in [0.1, 0.15) is 6.61 Å². The minimum Gasteiger partial charge on any atom is -0.458 e. The average Bonchev–Trinajstić information content (AvgIpc) is 2.49. The zero-order valence-electron chi connectivity index (χ0n) is 11.4. The molecule has 1 heterocycles. The SMILES string of the molecule is C=CCOC(=O)c1ccc(CSC2CC(=O)N2C)cc1. The summed E-state index contributed by atoms with van der Waals surface area (Å²) in [7, 11) is 1.82. The van der Waals surface area contributed by atoms with Gasteiger partial charge < -0.3 is 9.64 Å². The second-order valence-corrected chi connectivity index (χ2v) is 5.72. The molecule has 1 atom stereocenters. The summed E-state index contributed by atoms with van der Waals surface area (Å²) in [5, 5.41) is 0.278. The fraction of sp³-hybridized carbons (Fsp3) is 0.333. The summed E-state index contributed by atoms with van der Waals surface area (Å²) < 4.78 is 4.96. The number of ether oxygens (including phenoxy) is 1. The van der Waals surface area contributed by atoms with E-state index in [9.17, 15) is 9.59 Å². The summed E-state index contributed by atoms with van der Waals surface area (Å²) in [6.07, 6.45) is 2.16. The van der Waals surface area contributed by atoms with E-state index in [4.69, 9.17) is 4.74 Å². The van der Waals surface area contributed by atoms with Crippen molar-refractivity contribution in [1.82, 2.24) is 4.90 Å². The largest absolute Gasteiger partial charge is 0.458 e. The van der Waals surface area contributed by atoms with Crippen LogP contribution in [0.3, 0.4) is 0 Å². The summed E-state index contributed by atoms with van der Waals surface area (Å²) in [6.45, 7) is 3.72. The van der Waals surface area contributed by atoms with Gasteiger partial charge in [-0.15, -0.1) is 11.8 Å². The topological polar surface area (TPSA) is 46.6 Å². The van der Waals surface area contributed by atoms with Crippen molar-refractivity contribution >= 4 is 23.6 Å². The molecule has 0 N–H and O–H groups in total. The predicted octanol–water partition coefficient (Wildman–Crippen LogP) is 2.45. The van der Waals surface area contributed by atoms with Crippen molar-refractivity contribution in [2.75, 3.05) is 13.7 Å². The fourth-order valence-electron chi connectivity index (χ4n) is 1.80. The van der Waals surface area contributed by atoms with E-state index in [2.05, 4.69) is 6.58 Å². The summed E-state index contributed by atoms with van der Waals surface area (Å²) >= 11 is 1.73. The maximum Gasteiger partial charge on any atom is 0.338 e. The molecule has 1 fully saturated rings. The first-order valence-corrected chi connectivity index (χ1v) is 7.41. The van der Waals surface area contributed by atoms with Crippen LogP contribution in [0.25, 0.3) is 0 Å². The predicted molar refractivity (Wildman–Crippen MR) is 79.4 cm³/mol. The van der Waals surface area contributed by atoms with E-state index in [1.165, 1.54) is 0 Å². The molecule has 0 aromatic heterocycles. The molecule has 1 saturated heterocycles. The highest BCUT2D eigenvalue weighted by atomic mass is 32.2. The van der Waals surface area contributed by atoms with Crippen molar-refractivity contribution in [2.45, 2.75) is 17.5 Å². The molecule has 5 heteroatoms. The van der Waals surface area contributed by atoms with Gasteiger partial charge in [-0.3, -0.25) is 4.79 Å². The molecule has 2 rings (SSSR count). The molecule has 20 heavy (non-hydrogen) atoms. The van der Waals surface area contributed by atoms with Crippen LogP contribution in [0.4, 0.5) is 0 Å². The maximum absolute atomic E-state index is 11.6. The van der Waals surface area contributed by atoms with Crippen LogP contribution in [0.5, 0.6) is 0 Å². The Morgan fingerprint density at radius 3 is 2.75 bits per heavy atom. The number of esters is 1. The van der Waals surface area contributed by atoms with Crippen molar-refractivity contribution in [3.05, 3.63) is 48.0 Å². The molecule has 1 amide bonds. The number of rotatable bonds is 6. The molecule has 1 aliphatic heterocycles. The van der Waals surface area contributed by atoms with Gasteiger partial charge in [-0.1, -0.05) is 24.8 Å². The van der Waals surface area contributed by atoms with E-state index in [-0.39, 0.29) is 23.9 Å². The molecule has 0 aliphatic carbocycles. The zero-order valence-corrected chi connectivity index (χ0v) is 12.2. The van der Waals surface area contributed by atoms with Crippen LogP contribution in [0, 0.1) is 0 Å². The first-order chi connectivity index (χ1) is 9.61. The Morgan fingerprint density at radius 2 is 2.20 bits per heavy atom. The van der Waals surface area contributed by atoms with Crippen LogP contribution in [-0.4, -0.2) is 35.8 Å². The lowest BCUT2D eigenvalue weighted by Gasteiger charge is -2.36. The van der Waals surface area contributed by atoms with E-state index in [1.807, 2.05) is 19.2 Å². The average molecular weight is 291 g/mol. The van der Waals surface area contributed by atoms with Crippen molar-refractivity contribution in [1.29, 1.82) is 0 Å². The molecule has 1 unspecified atom stereocenters. The number of β-lactam (4-membered cyclic amide) rings is 1. The highest BCUT2D eigenvalue weighted by Crippen LogP contribution is 2.30. The van der Waals surface area contributed by atoms with Crippen LogP contribution < -0.4 is 0 Å². The van der Waals surface area contributed by atoms with Crippen LogP contribution in [0.15, 0.2) is 36.9 Å². The monoisotopic (exact) mass is 291 g/mol. The van der Waals surface area contributed by atoms with Crippen molar-refractivity contribution < 1.29 is 14.3 Å². The van der Waals surface area contributed by atoms with Gasteiger partial charge in [-0.05, 0) is 17.7 Å². The third-order valence-corrected chi connectivity index (χ3v) is 4.51. The Balaban J connectivity index is 1.84. The number of hydrogen-bond acceptors (Lipinski definition) is 4. The Kier molecular flexibility index (Phi) is 4.84. The number of amides is 1. The Hall–Kier alpha value is -1.75. The molecule has 0 radical (unpaired) electrons. The number of likely N-dealkylation sites (tertiary alicyclic amines) is 1. The van der Waals surface area contributed by atoms with E-state index in [0.717, 1.165) is 11.3 Å². The number of carbonyl (C=O) groups is 2. The highest BCUT2D eigenvalue weighted by molar-refractivity contribution is 7.99. The van der Waals surface area contributed by atoms with Crippen LogP contribution in [0.2, 0.25) is 0 Å². The number of thioether (sulfide) groups is 1. The van der Waals surface area contributed by atoms with Gasteiger partial charge in [-0.2, -0.15) is 0 Å². The lowest BCUT2D eigenvalue weighted by atomic mass is 10.1. The van der Waals surface area contributed by atoms with Crippen LogP contribution >= 0.6 is 11.8 Å². The molecule has 0 saturated carbocycles. The Labute approximate surface area is 122 Å². The number of hydrogen-bond donors (Lipinski definition) is 0. The molecular formula is C15H17NO3S. The van der Waals surface area contributed by atoms with Gasteiger partial charge in [0.15, 0.2) is 0 Å². The van der Waals surface area contributed by atoms with Crippen LogP contribution in [0.1, 0.15) is 22.3 Å². The van der Waals surface area contributed by atoms with E-state index in [1.54, 1.807) is 34.9 Å². The lowest BCUT2D eigenvalue weighted by molar-refractivity contribution is -0.139. The molecule has 1 aromatic carbocycles. The van der Waals surface area contributed by atoms with E-state index >= 15 is 0 Å².